The molecule has 1 saturated heterocycles. The number of likely N-dealkylation sites (N-methyl/N-ethyl adjacent to an activating group) is 1. The van der Waals surface area contributed by atoms with E-state index in [1.165, 1.54) is 5.56 Å². The lowest BCUT2D eigenvalue weighted by atomic mass is 9.84. The molecule has 0 bridgehead atoms. The van der Waals surface area contributed by atoms with Crippen LogP contribution in [0.2, 0.25) is 5.02 Å². The summed E-state index contributed by atoms with van der Waals surface area (Å²) >= 11 is 6.49. The first-order valence-corrected chi connectivity index (χ1v) is 11.8. The van der Waals surface area contributed by atoms with Crippen molar-refractivity contribution in [2.75, 3.05) is 27.2 Å². The summed E-state index contributed by atoms with van der Waals surface area (Å²) in [5.74, 6) is 1.55. The lowest BCUT2D eigenvalue weighted by molar-refractivity contribution is 0.0556. The van der Waals surface area contributed by atoms with Gasteiger partial charge in [0.15, 0.2) is 5.76 Å². The molecule has 1 aromatic heterocycles. The van der Waals surface area contributed by atoms with Crippen LogP contribution in [0.4, 0.5) is 0 Å². The molecular formula is C27H31ClN2O3. The van der Waals surface area contributed by atoms with Gasteiger partial charge in [-0.15, -0.1) is 0 Å². The monoisotopic (exact) mass is 466 g/mol. The SMILES string of the molecule is COc1ccc(CN2CCC([C@@H](Cc3ccccc3Cl)N(C)C(=O)c3ccco3)CC2)cc1. The third-order valence-electron chi connectivity index (χ3n) is 6.68. The molecule has 3 aromatic rings. The van der Waals surface area contributed by atoms with Crippen molar-refractivity contribution in [1.82, 2.24) is 9.80 Å². The smallest absolute Gasteiger partial charge is 0.289 e. The predicted octanol–water partition coefficient (Wildman–Crippen LogP) is 5.54. The second kappa shape index (κ2) is 10.9. The molecule has 2 heterocycles. The van der Waals surface area contributed by atoms with Crippen molar-refractivity contribution in [1.29, 1.82) is 0 Å². The van der Waals surface area contributed by atoms with Crippen molar-refractivity contribution in [2.45, 2.75) is 31.8 Å². The molecule has 1 aliphatic heterocycles. The first kappa shape index (κ1) is 23.4. The Labute approximate surface area is 200 Å². The van der Waals surface area contributed by atoms with Crippen molar-refractivity contribution < 1.29 is 13.9 Å². The van der Waals surface area contributed by atoms with Crippen LogP contribution in [0.25, 0.3) is 0 Å². The van der Waals surface area contributed by atoms with E-state index in [0.717, 1.165) is 55.2 Å². The Morgan fingerprint density at radius 2 is 1.85 bits per heavy atom. The van der Waals surface area contributed by atoms with Gasteiger partial charge in [-0.25, -0.2) is 0 Å². The Morgan fingerprint density at radius 1 is 1.12 bits per heavy atom. The van der Waals surface area contributed by atoms with Gasteiger partial charge in [0, 0.05) is 24.7 Å². The maximum absolute atomic E-state index is 13.1. The van der Waals surface area contributed by atoms with E-state index in [2.05, 4.69) is 23.1 Å². The number of nitrogens with zero attached hydrogens (tertiary/aromatic N) is 2. The largest absolute Gasteiger partial charge is 0.497 e. The summed E-state index contributed by atoms with van der Waals surface area (Å²) in [5, 5.41) is 0.748. The van der Waals surface area contributed by atoms with Crippen molar-refractivity contribution in [2.24, 2.45) is 5.92 Å². The summed E-state index contributed by atoms with van der Waals surface area (Å²) in [6, 6.07) is 19.7. The second-order valence-corrected chi connectivity index (χ2v) is 9.13. The van der Waals surface area contributed by atoms with Crippen molar-refractivity contribution in [3.05, 3.63) is 88.8 Å². The number of amides is 1. The van der Waals surface area contributed by atoms with Crippen LogP contribution >= 0.6 is 11.6 Å². The number of carbonyl (C=O) groups is 1. The molecule has 174 valence electrons. The molecule has 1 atom stereocenters. The highest BCUT2D eigenvalue weighted by Crippen LogP contribution is 2.30. The third-order valence-corrected chi connectivity index (χ3v) is 7.05. The van der Waals surface area contributed by atoms with Gasteiger partial charge in [0.25, 0.3) is 5.91 Å². The van der Waals surface area contributed by atoms with E-state index >= 15 is 0 Å². The summed E-state index contributed by atoms with van der Waals surface area (Å²) < 4.78 is 10.7. The van der Waals surface area contributed by atoms with Gasteiger partial charge in [-0.3, -0.25) is 9.69 Å². The first-order chi connectivity index (χ1) is 16.0. The van der Waals surface area contributed by atoms with E-state index in [-0.39, 0.29) is 11.9 Å². The van der Waals surface area contributed by atoms with Gasteiger partial charge in [0.05, 0.1) is 13.4 Å². The number of hydrogen-bond acceptors (Lipinski definition) is 4. The van der Waals surface area contributed by atoms with Crippen LogP contribution in [-0.4, -0.2) is 49.0 Å². The molecule has 1 fully saturated rings. The minimum absolute atomic E-state index is 0.0469. The van der Waals surface area contributed by atoms with E-state index in [1.807, 2.05) is 42.3 Å². The molecule has 1 amide bonds. The molecule has 0 spiro atoms. The molecule has 6 heteroatoms. The van der Waals surface area contributed by atoms with Gasteiger partial charge in [-0.2, -0.15) is 0 Å². The number of likely N-dealkylation sites (tertiary alicyclic amines) is 1. The normalized spacial score (nSPS) is 15.8. The predicted molar refractivity (Wildman–Crippen MR) is 131 cm³/mol. The van der Waals surface area contributed by atoms with Gasteiger partial charge in [0.2, 0.25) is 0 Å². The van der Waals surface area contributed by atoms with Gasteiger partial charge >= 0.3 is 0 Å². The minimum atomic E-state index is -0.0854. The summed E-state index contributed by atoms with van der Waals surface area (Å²) in [5.41, 5.74) is 2.36. The lowest BCUT2D eigenvalue weighted by Gasteiger charge is -2.40. The van der Waals surface area contributed by atoms with Crippen molar-refractivity contribution >= 4 is 17.5 Å². The van der Waals surface area contributed by atoms with Crippen LogP contribution in [0.1, 0.15) is 34.5 Å². The first-order valence-electron chi connectivity index (χ1n) is 11.4. The number of furan rings is 1. The molecule has 33 heavy (non-hydrogen) atoms. The lowest BCUT2D eigenvalue weighted by Crippen LogP contribution is -2.47. The highest BCUT2D eigenvalue weighted by Gasteiger charge is 2.33. The third kappa shape index (κ3) is 5.79. The van der Waals surface area contributed by atoms with Gasteiger partial charge in [-0.05, 0) is 79.7 Å². The molecule has 0 unspecified atom stereocenters. The van der Waals surface area contributed by atoms with Crippen molar-refractivity contribution in [3.63, 3.8) is 0 Å². The van der Waals surface area contributed by atoms with E-state index < -0.39 is 0 Å². The van der Waals surface area contributed by atoms with Crippen LogP contribution in [0.15, 0.2) is 71.3 Å². The van der Waals surface area contributed by atoms with Crippen LogP contribution in [-0.2, 0) is 13.0 Å². The number of hydrogen-bond donors (Lipinski definition) is 0. The number of halogens is 1. The van der Waals surface area contributed by atoms with E-state index in [9.17, 15) is 4.79 Å². The van der Waals surface area contributed by atoms with Crippen LogP contribution in [0.5, 0.6) is 5.75 Å². The summed E-state index contributed by atoms with van der Waals surface area (Å²) in [6.07, 6.45) is 4.33. The number of rotatable bonds is 8. The zero-order valence-corrected chi connectivity index (χ0v) is 20.0. The maximum atomic E-state index is 13.1. The fraction of sp³-hybridized carbons (Fsp3) is 0.370. The van der Waals surface area contributed by atoms with Gasteiger partial charge < -0.3 is 14.1 Å². The Morgan fingerprint density at radius 3 is 2.48 bits per heavy atom. The highest BCUT2D eigenvalue weighted by molar-refractivity contribution is 6.31. The molecule has 0 aliphatic carbocycles. The molecule has 0 radical (unpaired) electrons. The summed E-state index contributed by atoms with van der Waals surface area (Å²) in [4.78, 5) is 17.4. The topological polar surface area (TPSA) is 45.9 Å². The van der Waals surface area contributed by atoms with Gasteiger partial charge in [0.1, 0.15) is 5.75 Å². The van der Waals surface area contributed by atoms with E-state index in [4.69, 9.17) is 20.8 Å². The fourth-order valence-corrected chi connectivity index (χ4v) is 4.93. The average molecular weight is 467 g/mol. The molecule has 5 nitrogen and oxygen atoms in total. The molecule has 4 rings (SSSR count). The van der Waals surface area contributed by atoms with Crippen LogP contribution in [0, 0.1) is 5.92 Å². The van der Waals surface area contributed by atoms with Crippen LogP contribution in [0.3, 0.4) is 0 Å². The summed E-state index contributed by atoms with van der Waals surface area (Å²) in [7, 11) is 3.57. The Kier molecular flexibility index (Phi) is 7.73. The number of carbonyl (C=O) groups excluding carboxylic acids is 1. The molecule has 0 N–H and O–H groups in total. The molecule has 1 aliphatic rings. The zero-order chi connectivity index (χ0) is 23.2. The fourth-order valence-electron chi connectivity index (χ4n) is 4.72. The highest BCUT2D eigenvalue weighted by atomic mass is 35.5. The minimum Gasteiger partial charge on any atom is -0.497 e. The Bertz CT molecular complexity index is 1030. The summed E-state index contributed by atoms with van der Waals surface area (Å²) in [6.45, 7) is 2.92. The molecule has 2 aromatic carbocycles. The van der Waals surface area contributed by atoms with E-state index in [0.29, 0.717) is 11.7 Å². The second-order valence-electron chi connectivity index (χ2n) is 8.72. The quantitative estimate of drug-likeness (QED) is 0.437. The van der Waals surface area contributed by atoms with Crippen LogP contribution < -0.4 is 4.74 Å². The Balaban J connectivity index is 1.45. The number of benzene rings is 2. The van der Waals surface area contributed by atoms with Gasteiger partial charge in [-0.1, -0.05) is 41.9 Å². The van der Waals surface area contributed by atoms with Crippen molar-refractivity contribution in [3.8, 4) is 5.75 Å². The van der Waals surface area contributed by atoms with E-state index in [1.54, 1.807) is 25.5 Å². The maximum Gasteiger partial charge on any atom is 0.289 e. The standard InChI is InChI=1S/C27H31ClN2O3/c1-29(27(31)26-8-5-17-33-26)25(18-22-6-3-4-7-24(22)28)21-13-15-30(16-14-21)19-20-9-11-23(32-2)12-10-20/h3-12,17,21,25H,13-16,18-19H2,1-2H3/t25-/m1/s1. The Hall–Kier alpha value is -2.76. The number of ether oxygens (including phenoxy) is 1. The molecule has 0 saturated carbocycles. The average Bonchev–Trinajstić information content (AvgIpc) is 3.39. The number of piperidine rings is 1. The number of methoxy groups -OCH3 is 1. The molecular weight excluding hydrogens is 436 g/mol. The zero-order valence-electron chi connectivity index (χ0n) is 19.2.